The summed E-state index contributed by atoms with van der Waals surface area (Å²) in [4.78, 5) is 15.6. The minimum absolute atomic E-state index is 0.0439. The van der Waals surface area contributed by atoms with Crippen molar-refractivity contribution in [3.8, 4) is 0 Å². The number of amides is 1. The number of alkyl halides is 2. The fourth-order valence-corrected chi connectivity index (χ4v) is 2.64. The molecule has 0 aromatic heterocycles. The molecule has 0 atom stereocenters. The lowest BCUT2D eigenvalue weighted by atomic mass is 10.1. The van der Waals surface area contributed by atoms with Gasteiger partial charge in [-0.15, -0.1) is 0 Å². The van der Waals surface area contributed by atoms with E-state index in [-0.39, 0.29) is 11.7 Å². The van der Waals surface area contributed by atoms with Crippen molar-refractivity contribution in [2.45, 2.75) is 39.2 Å². The molecule has 1 aromatic carbocycles. The van der Waals surface area contributed by atoms with E-state index < -0.39 is 11.5 Å². The van der Waals surface area contributed by atoms with Crippen LogP contribution in [0.25, 0.3) is 0 Å². The Morgan fingerprint density at radius 2 is 1.61 bits per heavy atom. The number of hydrogen-bond donors (Lipinski definition) is 2. The Labute approximate surface area is 164 Å². The summed E-state index contributed by atoms with van der Waals surface area (Å²) >= 11 is 0. The zero-order valence-corrected chi connectivity index (χ0v) is 16.8. The summed E-state index contributed by atoms with van der Waals surface area (Å²) in [5.41, 5.74) is 0.0880. The van der Waals surface area contributed by atoms with Crippen LogP contribution in [0, 0.1) is 5.41 Å². The number of ether oxygens (including phenoxy) is 1. The van der Waals surface area contributed by atoms with E-state index in [0.717, 1.165) is 6.92 Å². The maximum Gasteiger partial charge on any atom is 0.410 e. The van der Waals surface area contributed by atoms with Crippen LogP contribution in [0.1, 0.15) is 33.3 Å². The van der Waals surface area contributed by atoms with E-state index in [1.165, 1.54) is 12.1 Å². The highest BCUT2D eigenvalue weighted by Crippen LogP contribution is 2.27. The fourth-order valence-electron chi connectivity index (χ4n) is 2.64. The van der Waals surface area contributed by atoms with Gasteiger partial charge in [-0.25, -0.2) is 13.6 Å². The molecule has 0 radical (unpaired) electrons. The third-order valence-corrected chi connectivity index (χ3v) is 4.16. The highest BCUT2D eigenvalue weighted by molar-refractivity contribution is 5.90. The minimum atomic E-state index is -2.86. The molecule has 2 N–H and O–H groups in total. The molecule has 1 aliphatic heterocycles. The number of nitrogens with one attached hydrogen (secondary N) is 2. The van der Waals surface area contributed by atoms with Gasteiger partial charge in [0, 0.05) is 50.6 Å². The van der Waals surface area contributed by atoms with E-state index in [1.54, 1.807) is 29.3 Å². The van der Waals surface area contributed by atoms with E-state index in [2.05, 4.69) is 5.32 Å². The average Bonchev–Trinajstić information content (AvgIpc) is 2.60. The smallest absolute Gasteiger partial charge is 0.410 e. The van der Waals surface area contributed by atoms with Crippen molar-refractivity contribution < 1.29 is 18.3 Å². The molecule has 1 amide bonds. The van der Waals surface area contributed by atoms with Gasteiger partial charge in [-0.1, -0.05) is 12.1 Å². The first-order valence-electron chi connectivity index (χ1n) is 9.18. The van der Waals surface area contributed by atoms with Gasteiger partial charge in [0.05, 0.1) is 0 Å². The molecule has 6 nitrogen and oxygen atoms in total. The second kappa shape index (κ2) is 8.58. The topological polar surface area (TPSA) is 68.7 Å². The van der Waals surface area contributed by atoms with Gasteiger partial charge < -0.3 is 19.9 Å². The molecule has 0 saturated carbocycles. The predicted molar refractivity (Wildman–Crippen MR) is 106 cm³/mol. The maximum absolute atomic E-state index is 13.2. The van der Waals surface area contributed by atoms with E-state index >= 15 is 0 Å². The average molecular weight is 394 g/mol. The van der Waals surface area contributed by atoms with E-state index in [1.807, 2.05) is 25.7 Å². The summed E-state index contributed by atoms with van der Waals surface area (Å²) in [6, 6.07) is 5.88. The van der Waals surface area contributed by atoms with Crippen molar-refractivity contribution in [3.63, 3.8) is 0 Å². The van der Waals surface area contributed by atoms with E-state index in [4.69, 9.17) is 10.1 Å². The Morgan fingerprint density at radius 3 is 2.11 bits per heavy atom. The van der Waals surface area contributed by atoms with Crippen molar-refractivity contribution in [1.82, 2.24) is 9.80 Å². The summed E-state index contributed by atoms with van der Waals surface area (Å²) in [5, 5.41) is 11.1. The summed E-state index contributed by atoms with van der Waals surface area (Å²) in [6.45, 7) is 8.42. The van der Waals surface area contributed by atoms with Crippen molar-refractivity contribution >= 4 is 17.6 Å². The van der Waals surface area contributed by atoms with Crippen molar-refractivity contribution in [3.05, 3.63) is 42.1 Å². The Kier molecular flexibility index (Phi) is 6.64. The molecule has 2 rings (SSSR count). The molecule has 1 aromatic rings. The number of carbonyl (C=O) groups excluding carboxylic acids is 1. The molecule has 1 saturated heterocycles. The molecule has 1 fully saturated rings. The van der Waals surface area contributed by atoms with Gasteiger partial charge in [0.2, 0.25) is 0 Å². The maximum atomic E-state index is 13.2. The highest BCUT2D eigenvalue weighted by Gasteiger charge is 2.26. The summed E-state index contributed by atoms with van der Waals surface area (Å²) < 4.78 is 31.8. The van der Waals surface area contributed by atoms with Crippen LogP contribution in [-0.2, 0) is 10.7 Å². The van der Waals surface area contributed by atoms with Gasteiger partial charge in [0.1, 0.15) is 11.4 Å². The Hall–Kier alpha value is -2.64. The van der Waals surface area contributed by atoms with Gasteiger partial charge in [-0.05, 0) is 39.0 Å². The number of nitrogens with zero attached hydrogens (tertiary/aromatic N) is 2. The number of carbonyl (C=O) groups is 1. The summed E-state index contributed by atoms with van der Waals surface area (Å²) in [5.74, 6) is -2.55. The van der Waals surface area contributed by atoms with Crippen LogP contribution >= 0.6 is 0 Å². The molecular formula is C20H28F2N4O2. The van der Waals surface area contributed by atoms with Crippen LogP contribution in [0.4, 0.5) is 19.3 Å². The molecule has 0 unspecified atom stereocenters. The second-order valence-corrected chi connectivity index (χ2v) is 7.78. The molecule has 0 spiro atoms. The number of hydrogen-bond acceptors (Lipinski definition) is 4. The number of amidine groups is 1. The molecule has 1 aliphatic rings. The number of rotatable bonds is 4. The van der Waals surface area contributed by atoms with E-state index in [9.17, 15) is 13.6 Å². The number of halogens is 2. The largest absolute Gasteiger partial charge is 0.444 e. The SMILES string of the molecule is CC(C)(C)OC(=O)N1CCN(C(=N)/C=C\Nc2ccc(C(C)(F)F)cc2)CC1. The van der Waals surface area contributed by atoms with Gasteiger partial charge in [-0.3, -0.25) is 5.41 Å². The molecule has 1 heterocycles. The highest BCUT2D eigenvalue weighted by atomic mass is 19.3. The first-order chi connectivity index (χ1) is 13.0. The van der Waals surface area contributed by atoms with Gasteiger partial charge in [0.25, 0.3) is 5.92 Å². The molecule has 154 valence electrons. The van der Waals surface area contributed by atoms with Crippen molar-refractivity contribution in [2.75, 3.05) is 31.5 Å². The van der Waals surface area contributed by atoms with Crippen LogP contribution in [-0.4, -0.2) is 53.5 Å². The van der Waals surface area contributed by atoms with Crippen LogP contribution in [0.3, 0.4) is 0 Å². The summed E-state index contributed by atoms with van der Waals surface area (Å²) in [7, 11) is 0. The predicted octanol–water partition coefficient (Wildman–Crippen LogP) is 4.25. The lowest BCUT2D eigenvalue weighted by Gasteiger charge is -2.36. The standard InChI is InChI=1S/C20H28F2N4O2/c1-19(2,3)28-18(27)26-13-11-25(12-14-26)17(23)9-10-24-16-7-5-15(6-8-16)20(4,21)22/h5-10,23-24H,11-14H2,1-4H3/b10-9-,23-17?. The van der Waals surface area contributed by atoms with Gasteiger partial charge in [0.15, 0.2) is 0 Å². The second-order valence-electron chi connectivity index (χ2n) is 7.78. The first kappa shape index (κ1) is 21.7. The number of benzene rings is 1. The molecule has 8 heteroatoms. The van der Waals surface area contributed by atoms with Crippen LogP contribution in [0.2, 0.25) is 0 Å². The Bertz CT molecular complexity index is 713. The third kappa shape index (κ3) is 6.51. The van der Waals surface area contributed by atoms with Gasteiger partial charge in [-0.2, -0.15) is 0 Å². The zero-order valence-electron chi connectivity index (χ0n) is 16.8. The van der Waals surface area contributed by atoms with Crippen LogP contribution in [0.5, 0.6) is 0 Å². The number of anilines is 1. The fraction of sp³-hybridized carbons (Fsp3) is 0.500. The molecule has 0 bridgehead atoms. The lowest BCUT2D eigenvalue weighted by Crippen LogP contribution is -2.51. The van der Waals surface area contributed by atoms with Gasteiger partial charge >= 0.3 is 6.09 Å². The van der Waals surface area contributed by atoms with Crippen LogP contribution in [0.15, 0.2) is 36.5 Å². The molecule has 0 aliphatic carbocycles. The zero-order chi connectivity index (χ0) is 20.9. The lowest BCUT2D eigenvalue weighted by molar-refractivity contribution is 0.0171. The quantitative estimate of drug-likeness (QED) is 0.592. The normalized spacial score (nSPS) is 15.6. The van der Waals surface area contributed by atoms with Crippen LogP contribution < -0.4 is 5.32 Å². The summed E-state index contributed by atoms with van der Waals surface area (Å²) in [6.07, 6.45) is 2.87. The minimum Gasteiger partial charge on any atom is -0.444 e. The molecular weight excluding hydrogens is 366 g/mol. The van der Waals surface area contributed by atoms with Crippen molar-refractivity contribution in [1.29, 1.82) is 5.41 Å². The monoisotopic (exact) mass is 394 g/mol. The van der Waals surface area contributed by atoms with Crippen molar-refractivity contribution in [2.24, 2.45) is 0 Å². The third-order valence-electron chi connectivity index (χ3n) is 4.16. The Morgan fingerprint density at radius 1 is 1.07 bits per heavy atom. The Balaban J connectivity index is 1.80. The first-order valence-corrected chi connectivity index (χ1v) is 9.18. The molecule has 28 heavy (non-hydrogen) atoms. The number of piperazine rings is 1. The van der Waals surface area contributed by atoms with E-state index in [0.29, 0.717) is 37.7 Å².